The minimum atomic E-state index is -0.703. The first kappa shape index (κ1) is 17.9. The van der Waals surface area contributed by atoms with Gasteiger partial charge in [-0.15, -0.1) is 0 Å². The van der Waals surface area contributed by atoms with Crippen molar-refractivity contribution < 1.29 is 19.1 Å². The molecule has 6 heteroatoms. The molecule has 0 aromatic heterocycles. The van der Waals surface area contributed by atoms with Crippen molar-refractivity contribution in [2.24, 2.45) is 17.1 Å². The van der Waals surface area contributed by atoms with Gasteiger partial charge < -0.3 is 20.5 Å². The molecule has 2 fully saturated rings. The maximum Gasteiger partial charge on any atom is 0.226 e. The average molecular weight is 346 g/mol. The summed E-state index contributed by atoms with van der Waals surface area (Å²) in [5, 5.41) is 2.97. The lowest BCUT2D eigenvalue weighted by Gasteiger charge is -2.36. The molecular weight excluding hydrogens is 320 g/mol. The summed E-state index contributed by atoms with van der Waals surface area (Å²) in [6, 6.07) is 9.82. The van der Waals surface area contributed by atoms with Crippen LogP contribution in [0.3, 0.4) is 0 Å². The smallest absolute Gasteiger partial charge is 0.226 e. The summed E-state index contributed by atoms with van der Waals surface area (Å²) in [5.41, 5.74) is 5.92. The molecule has 2 aliphatic rings. The standard InChI is InChI=1S/C19H26N2O4/c20-18(23)19(8-11-24-12-9-19)13-21-17(22)15-7-4-10-25-16(15)14-5-2-1-3-6-14/h1-3,5-6,15-16H,4,7-13H2,(H2,20,23)(H,21,22)/t15-,16-/m1/s1. The Morgan fingerprint density at radius 3 is 2.56 bits per heavy atom. The van der Waals surface area contributed by atoms with Crippen molar-refractivity contribution in [2.75, 3.05) is 26.4 Å². The first-order chi connectivity index (χ1) is 12.1. The molecule has 1 aromatic carbocycles. The lowest BCUT2D eigenvalue weighted by atomic mass is 9.79. The Morgan fingerprint density at radius 2 is 1.88 bits per heavy atom. The number of nitrogens with one attached hydrogen (secondary N) is 1. The monoisotopic (exact) mass is 346 g/mol. The van der Waals surface area contributed by atoms with Crippen LogP contribution in [-0.4, -0.2) is 38.2 Å². The van der Waals surface area contributed by atoms with E-state index in [4.69, 9.17) is 15.2 Å². The van der Waals surface area contributed by atoms with Crippen LogP contribution in [0.25, 0.3) is 0 Å². The van der Waals surface area contributed by atoms with Gasteiger partial charge in [-0.25, -0.2) is 0 Å². The van der Waals surface area contributed by atoms with E-state index in [0.717, 1.165) is 18.4 Å². The van der Waals surface area contributed by atoms with Crippen LogP contribution in [0, 0.1) is 11.3 Å². The van der Waals surface area contributed by atoms with E-state index in [2.05, 4.69) is 5.32 Å². The SMILES string of the molecule is NC(=O)C1(CNC(=O)[C@@H]2CCCO[C@@H]2c2ccccc2)CCOCC1. The predicted octanol–water partition coefficient (Wildman–Crippen LogP) is 1.55. The molecule has 0 bridgehead atoms. The second kappa shape index (κ2) is 7.97. The van der Waals surface area contributed by atoms with Crippen LogP contribution in [0.5, 0.6) is 0 Å². The fourth-order valence-electron chi connectivity index (χ4n) is 3.68. The number of ether oxygens (including phenoxy) is 2. The highest BCUT2D eigenvalue weighted by Gasteiger charge is 2.40. The topological polar surface area (TPSA) is 90.7 Å². The Bertz CT molecular complexity index is 599. The summed E-state index contributed by atoms with van der Waals surface area (Å²) in [6.07, 6.45) is 2.49. The quantitative estimate of drug-likeness (QED) is 0.846. The zero-order valence-electron chi connectivity index (χ0n) is 14.4. The zero-order chi connectivity index (χ0) is 17.7. The number of carbonyl (C=O) groups excluding carboxylic acids is 2. The van der Waals surface area contributed by atoms with Crippen LogP contribution in [0.2, 0.25) is 0 Å². The Labute approximate surface area is 148 Å². The van der Waals surface area contributed by atoms with E-state index >= 15 is 0 Å². The van der Waals surface area contributed by atoms with E-state index in [1.807, 2.05) is 30.3 Å². The van der Waals surface area contributed by atoms with Crippen molar-refractivity contribution in [1.82, 2.24) is 5.32 Å². The molecule has 1 aromatic rings. The second-order valence-corrected chi connectivity index (χ2v) is 6.93. The van der Waals surface area contributed by atoms with Gasteiger partial charge >= 0.3 is 0 Å². The molecular formula is C19H26N2O4. The zero-order valence-corrected chi connectivity index (χ0v) is 14.4. The fourth-order valence-corrected chi connectivity index (χ4v) is 3.68. The largest absolute Gasteiger partial charge is 0.381 e. The van der Waals surface area contributed by atoms with E-state index in [0.29, 0.717) is 32.7 Å². The lowest BCUT2D eigenvalue weighted by molar-refractivity contribution is -0.138. The van der Waals surface area contributed by atoms with Crippen LogP contribution in [0.1, 0.15) is 37.4 Å². The molecule has 2 aliphatic heterocycles. The summed E-state index contributed by atoms with van der Waals surface area (Å²) in [7, 11) is 0. The summed E-state index contributed by atoms with van der Waals surface area (Å²) in [5.74, 6) is -0.683. The van der Waals surface area contributed by atoms with Crippen molar-refractivity contribution in [3.63, 3.8) is 0 Å². The number of benzene rings is 1. The third-order valence-corrected chi connectivity index (χ3v) is 5.36. The fraction of sp³-hybridized carbons (Fsp3) is 0.579. The Kier molecular flexibility index (Phi) is 5.71. The van der Waals surface area contributed by atoms with Crippen molar-refractivity contribution in [2.45, 2.75) is 31.8 Å². The molecule has 2 heterocycles. The molecule has 0 unspecified atom stereocenters. The van der Waals surface area contributed by atoms with Crippen LogP contribution < -0.4 is 11.1 Å². The van der Waals surface area contributed by atoms with Gasteiger partial charge in [0.05, 0.1) is 17.4 Å². The number of hydrogen-bond donors (Lipinski definition) is 2. The number of hydrogen-bond acceptors (Lipinski definition) is 4. The van der Waals surface area contributed by atoms with Gasteiger partial charge in [0.15, 0.2) is 0 Å². The molecule has 136 valence electrons. The molecule has 0 aliphatic carbocycles. The summed E-state index contributed by atoms with van der Waals surface area (Å²) in [6.45, 7) is 1.92. The molecule has 0 radical (unpaired) electrons. The normalized spacial score (nSPS) is 25.9. The summed E-state index contributed by atoms with van der Waals surface area (Å²) in [4.78, 5) is 24.8. The van der Waals surface area contributed by atoms with Gasteiger partial charge in [0.25, 0.3) is 0 Å². The number of nitrogens with two attached hydrogens (primary N) is 1. The first-order valence-electron chi connectivity index (χ1n) is 8.94. The maximum atomic E-state index is 12.8. The van der Waals surface area contributed by atoms with E-state index < -0.39 is 5.41 Å². The van der Waals surface area contributed by atoms with Crippen molar-refractivity contribution >= 4 is 11.8 Å². The predicted molar refractivity (Wildman–Crippen MR) is 92.5 cm³/mol. The van der Waals surface area contributed by atoms with Gasteiger partial charge in [0.1, 0.15) is 0 Å². The van der Waals surface area contributed by atoms with E-state index in [9.17, 15) is 9.59 Å². The molecule has 0 spiro atoms. The van der Waals surface area contributed by atoms with Crippen molar-refractivity contribution in [3.8, 4) is 0 Å². The Balaban J connectivity index is 1.67. The summed E-state index contributed by atoms with van der Waals surface area (Å²) < 4.78 is 11.2. The van der Waals surface area contributed by atoms with E-state index in [-0.39, 0.29) is 30.4 Å². The van der Waals surface area contributed by atoms with Gasteiger partial charge in [-0.2, -0.15) is 0 Å². The highest BCUT2D eigenvalue weighted by molar-refractivity contribution is 5.84. The number of amides is 2. The van der Waals surface area contributed by atoms with Gasteiger partial charge in [-0.05, 0) is 31.2 Å². The van der Waals surface area contributed by atoms with Crippen LogP contribution in [0.15, 0.2) is 30.3 Å². The highest BCUT2D eigenvalue weighted by Crippen LogP contribution is 2.34. The maximum absolute atomic E-state index is 12.8. The van der Waals surface area contributed by atoms with Gasteiger partial charge in [0.2, 0.25) is 11.8 Å². The van der Waals surface area contributed by atoms with Gasteiger partial charge in [-0.1, -0.05) is 30.3 Å². The third kappa shape index (κ3) is 4.02. The Hall–Kier alpha value is -1.92. The third-order valence-electron chi connectivity index (χ3n) is 5.36. The lowest BCUT2D eigenvalue weighted by Crippen LogP contribution is -2.51. The second-order valence-electron chi connectivity index (χ2n) is 6.93. The molecule has 2 amide bonds. The van der Waals surface area contributed by atoms with Crippen molar-refractivity contribution in [1.29, 1.82) is 0 Å². The molecule has 0 saturated carbocycles. The molecule has 3 rings (SSSR count). The minimum absolute atomic E-state index is 0.0688. The average Bonchev–Trinajstić information content (AvgIpc) is 2.67. The molecule has 3 N–H and O–H groups in total. The summed E-state index contributed by atoms with van der Waals surface area (Å²) >= 11 is 0. The highest BCUT2D eigenvalue weighted by atomic mass is 16.5. The Morgan fingerprint density at radius 1 is 1.16 bits per heavy atom. The van der Waals surface area contributed by atoms with Crippen LogP contribution in [0.4, 0.5) is 0 Å². The van der Waals surface area contributed by atoms with Crippen molar-refractivity contribution in [3.05, 3.63) is 35.9 Å². The minimum Gasteiger partial charge on any atom is -0.381 e. The van der Waals surface area contributed by atoms with E-state index in [1.54, 1.807) is 0 Å². The van der Waals surface area contributed by atoms with E-state index in [1.165, 1.54) is 0 Å². The number of primary amides is 1. The molecule has 2 saturated heterocycles. The van der Waals surface area contributed by atoms with Crippen LogP contribution in [-0.2, 0) is 19.1 Å². The first-order valence-corrected chi connectivity index (χ1v) is 8.94. The number of rotatable bonds is 5. The molecule has 6 nitrogen and oxygen atoms in total. The molecule has 2 atom stereocenters. The molecule has 25 heavy (non-hydrogen) atoms. The number of carbonyl (C=O) groups is 2. The van der Waals surface area contributed by atoms with Crippen LogP contribution >= 0.6 is 0 Å². The van der Waals surface area contributed by atoms with Gasteiger partial charge in [-0.3, -0.25) is 9.59 Å². The van der Waals surface area contributed by atoms with Gasteiger partial charge in [0, 0.05) is 26.4 Å².